The molecule has 0 atom stereocenters. The largest absolute Gasteiger partial charge is 0.478 e. The van der Waals surface area contributed by atoms with Crippen molar-refractivity contribution in [2.75, 3.05) is 5.73 Å². The van der Waals surface area contributed by atoms with Gasteiger partial charge in [0, 0.05) is 12.2 Å². The van der Waals surface area contributed by atoms with Crippen molar-refractivity contribution in [3.8, 4) is 0 Å². The van der Waals surface area contributed by atoms with Crippen LogP contribution in [0.3, 0.4) is 0 Å². The fraction of sp³-hybridized carbons (Fsp3) is 0.0667. The van der Waals surface area contributed by atoms with Crippen LogP contribution >= 0.6 is 0 Å². The number of carbonyl (C=O) groups is 2. The zero-order valence-electron chi connectivity index (χ0n) is 11.2. The second-order valence-corrected chi connectivity index (χ2v) is 4.13. The average molecular weight is 288 g/mol. The third kappa shape index (κ3) is 5.33. The molecule has 2 aromatic carbocycles. The summed E-state index contributed by atoms with van der Waals surface area (Å²) in [6.45, 7) is 0.444. The number of rotatable bonds is 3. The van der Waals surface area contributed by atoms with E-state index in [2.05, 4.69) is 0 Å². The van der Waals surface area contributed by atoms with Crippen molar-refractivity contribution >= 4 is 17.6 Å². The fourth-order valence-corrected chi connectivity index (χ4v) is 1.41. The first-order valence-corrected chi connectivity index (χ1v) is 6.05. The Kier molecular flexibility index (Phi) is 5.91. The first-order valence-electron chi connectivity index (χ1n) is 6.05. The average Bonchev–Trinajstić information content (AvgIpc) is 2.48. The normalized spacial score (nSPS) is 9.38. The summed E-state index contributed by atoms with van der Waals surface area (Å²) in [5, 5.41) is 17.0. The number of nitrogens with two attached hydrogens (primary N) is 2. The number of aromatic carboxylic acids is 2. The van der Waals surface area contributed by atoms with Gasteiger partial charge in [-0.3, -0.25) is 0 Å². The van der Waals surface area contributed by atoms with Crippen molar-refractivity contribution in [2.45, 2.75) is 6.54 Å². The van der Waals surface area contributed by atoms with Crippen LogP contribution in [0, 0.1) is 0 Å². The minimum Gasteiger partial charge on any atom is -0.478 e. The Balaban J connectivity index is 0.000000211. The third-order valence-corrected chi connectivity index (χ3v) is 2.59. The van der Waals surface area contributed by atoms with Crippen LogP contribution in [-0.4, -0.2) is 22.2 Å². The summed E-state index contributed by atoms with van der Waals surface area (Å²) in [4.78, 5) is 20.6. The highest BCUT2D eigenvalue weighted by Gasteiger charge is 2.00. The first kappa shape index (κ1) is 16.2. The zero-order valence-corrected chi connectivity index (χ0v) is 11.2. The highest BCUT2D eigenvalue weighted by Crippen LogP contribution is 2.04. The number of hydrogen-bond acceptors (Lipinski definition) is 4. The maximum Gasteiger partial charge on any atom is 0.335 e. The molecule has 0 saturated carbocycles. The maximum absolute atomic E-state index is 10.4. The van der Waals surface area contributed by atoms with Gasteiger partial charge in [0.1, 0.15) is 0 Å². The Hall–Kier alpha value is -2.86. The lowest BCUT2D eigenvalue weighted by molar-refractivity contribution is 0.0686. The molecule has 0 unspecified atom stereocenters. The summed E-state index contributed by atoms with van der Waals surface area (Å²) >= 11 is 0. The van der Waals surface area contributed by atoms with Crippen LogP contribution in [0.5, 0.6) is 0 Å². The van der Waals surface area contributed by atoms with Crippen LogP contribution in [0.25, 0.3) is 0 Å². The van der Waals surface area contributed by atoms with Crippen LogP contribution < -0.4 is 11.5 Å². The summed E-state index contributed by atoms with van der Waals surface area (Å²) in [5.74, 6) is -1.84. The van der Waals surface area contributed by atoms with Gasteiger partial charge in [-0.15, -0.1) is 0 Å². The molecular formula is C15H16N2O4. The number of carboxylic acid groups (broad SMARTS) is 2. The molecule has 110 valence electrons. The predicted octanol–water partition coefficient (Wildman–Crippen LogP) is 1.81. The predicted molar refractivity (Wildman–Crippen MR) is 79.1 cm³/mol. The topological polar surface area (TPSA) is 127 Å². The van der Waals surface area contributed by atoms with E-state index >= 15 is 0 Å². The number of anilines is 1. The number of benzene rings is 2. The molecule has 0 spiro atoms. The van der Waals surface area contributed by atoms with Gasteiger partial charge in [-0.25, -0.2) is 9.59 Å². The van der Waals surface area contributed by atoms with Gasteiger partial charge in [-0.1, -0.05) is 12.1 Å². The number of nitrogen functional groups attached to an aromatic ring is 1. The van der Waals surface area contributed by atoms with Gasteiger partial charge < -0.3 is 21.7 Å². The molecule has 6 heteroatoms. The van der Waals surface area contributed by atoms with Crippen LogP contribution in [0.2, 0.25) is 0 Å². The summed E-state index contributed by atoms with van der Waals surface area (Å²) < 4.78 is 0. The van der Waals surface area contributed by atoms with Crippen LogP contribution in [0.4, 0.5) is 5.69 Å². The molecule has 0 heterocycles. The van der Waals surface area contributed by atoms with Gasteiger partial charge in [-0.05, 0) is 42.0 Å². The van der Waals surface area contributed by atoms with Crippen molar-refractivity contribution in [3.05, 3.63) is 65.2 Å². The molecule has 0 aromatic heterocycles. The smallest absolute Gasteiger partial charge is 0.335 e. The molecule has 6 N–H and O–H groups in total. The van der Waals surface area contributed by atoms with E-state index in [-0.39, 0.29) is 5.56 Å². The first-order chi connectivity index (χ1) is 9.93. The summed E-state index contributed by atoms with van der Waals surface area (Å²) in [5.41, 5.74) is 12.7. The fourth-order valence-electron chi connectivity index (χ4n) is 1.41. The molecule has 0 bridgehead atoms. The van der Waals surface area contributed by atoms with E-state index in [0.29, 0.717) is 17.8 Å². The van der Waals surface area contributed by atoms with Crippen molar-refractivity contribution in [2.24, 2.45) is 5.73 Å². The molecule has 21 heavy (non-hydrogen) atoms. The lowest BCUT2D eigenvalue weighted by Crippen LogP contribution is -1.99. The van der Waals surface area contributed by atoms with E-state index < -0.39 is 11.9 Å². The van der Waals surface area contributed by atoms with Gasteiger partial charge in [0.05, 0.1) is 11.1 Å². The molecular weight excluding hydrogens is 272 g/mol. The monoisotopic (exact) mass is 288 g/mol. The maximum atomic E-state index is 10.4. The summed E-state index contributed by atoms with van der Waals surface area (Å²) in [6.07, 6.45) is 0. The second kappa shape index (κ2) is 7.66. The van der Waals surface area contributed by atoms with E-state index in [0.717, 1.165) is 5.56 Å². The van der Waals surface area contributed by atoms with E-state index in [1.165, 1.54) is 12.1 Å². The molecule has 0 aliphatic carbocycles. The standard InChI is InChI=1S/C8H9NO2.C7H7NO2/c9-5-6-1-3-7(4-2-6)8(10)11;8-6-3-1-5(2-4-6)7(9)10/h1-4H,5,9H2,(H,10,11);1-4H,8H2,(H,9,10). The Morgan fingerprint density at radius 2 is 1.19 bits per heavy atom. The second-order valence-electron chi connectivity index (χ2n) is 4.13. The van der Waals surface area contributed by atoms with E-state index in [9.17, 15) is 9.59 Å². The van der Waals surface area contributed by atoms with Crippen molar-refractivity contribution < 1.29 is 19.8 Å². The molecule has 0 saturated heterocycles. The Labute approximate surface area is 121 Å². The van der Waals surface area contributed by atoms with Crippen LogP contribution in [0.15, 0.2) is 48.5 Å². The highest BCUT2D eigenvalue weighted by molar-refractivity contribution is 5.88. The van der Waals surface area contributed by atoms with Gasteiger partial charge in [0.15, 0.2) is 0 Å². The van der Waals surface area contributed by atoms with Crippen LogP contribution in [-0.2, 0) is 6.54 Å². The molecule has 2 rings (SSSR count). The molecule has 0 aliphatic rings. The van der Waals surface area contributed by atoms with Crippen molar-refractivity contribution in [1.82, 2.24) is 0 Å². The quantitative estimate of drug-likeness (QED) is 0.638. The molecule has 6 nitrogen and oxygen atoms in total. The third-order valence-electron chi connectivity index (χ3n) is 2.59. The lowest BCUT2D eigenvalue weighted by atomic mass is 10.1. The molecule has 2 aromatic rings. The SMILES string of the molecule is NCc1ccc(C(=O)O)cc1.Nc1ccc(C(=O)O)cc1. The number of carboxylic acids is 2. The Bertz CT molecular complexity index is 607. The molecule has 0 radical (unpaired) electrons. The van der Waals surface area contributed by atoms with E-state index in [1.54, 1.807) is 36.4 Å². The van der Waals surface area contributed by atoms with Gasteiger partial charge >= 0.3 is 11.9 Å². The van der Waals surface area contributed by atoms with E-state index in [4.69, 9.17) is 21.7 Å². The highest BCUT2D eigenvalue weighted by atomic mass is 16.4. The van der Waals surface area contributed by atoms with Crippen LogP contribution in [0.1, 0.15) is 26.3 Å². The van der Waals surface area contributed by atoms with E-state index in [1.807, 2.05) is 0 Å². The summed E-state index contributed by atoms with van der Waals surface area (Å²) in [7, 11) is 0. The lowest BCUT2D eigenvalue weighted by Gasteiger charge is -1.96. The number of hydrogen-bond donors (Lipinski definition) is 4. The van der Waals surface area contributed by atoms with Crippen molar-refractivity contribution in [3.63, 3.8) is 0 Å². The zero-order chi connectivity index (χ0) is 15.8. The van der Waals surface area contributed by atoms with Gasteiger partial charge in [0.25, 0.3) is 0 Å². The molecule has 0 fully saturated rings. The molecule has 0 aliphatic heterocycles. The van der Waals surface area contributed by atoms with Gasteiger partial charge in [0.2, 0.25) is 0 Å². The Morgan fingerprint density at radius 3 is 1.52 bits per heavy atom. The molecule has 0 amide bonds. The van der Waals surface area contributed by atoms with Gasteiger partial charge in [-0.2, -0.15) is 0 Å². The minimum absolute atomic E-state index is 0.259. The van der Waals surface area contributed by atoms with Crippen molar-refractivity contribution in [1.29, 1.82) is 0 Å². The minimum atomic E-state index is -0.931. The summed E-state index contributed by atoms with van der Waals surface area (Å²) in [6, 6.07) is 12.6. The Morgan fingerprint density at radius 1 is 0.810 bits per heavy atom.